The molecule has 2 aromatic rings. The molecule has 1 amide bonds. The van der Waals surface area contributed by atoms with Crippen LogP contribution in [0.5, 0.6) is 0 Å². The number of aromatic nitrogens is 2. The minimum atomic E-state index is -0.599. The van der Waals surface area contributed by atoms with Gasteiger partial charge in [-0.25, -0.2) is 10.4 Å². The van der Waals surface area contributed by atoms with E-state index in [-0.39, 0.29) is 16.4 Å². The van der Waals surface area contributed by atoms with Crippen molar-refractivity contribution in [3.05, 3.63) is 63.2 Å². The number of nitrogens with one attached hydrogen (secondary N) is 1. The van der Waals surface area contributed by atoms with Crippen LogP contribution in [0, 0.1) is 10.1 Å². The molecule has 1 aromatic heterocycles. The van der Waals surface area contributed by atoms with Crippen LogP contribution in [0.25, 0.3) is 0 Å². The molecule has 1 heterocycles. The summed E-state index contributed by atoms with van der Waals surface area (Å²) < 4.78 is 0. The first kappa shape index (κ1) is 14.5. The molecule has 0 aliphatic rings. The molecule has 0 saturated heterocycles. The highest BCUT2D eigenvalue weighted by atomic mass is 35.5. The molecule has 106 valence electrons. The van der Waals surface area contributed by atoms with Crippen LogP contribution in [-0.2, 0) is 0 Å². The van der Waals surface area contributed by atoms with Gasteiger partial charge in [0, 0.05) is 24.0 Å². The number of nitro groups is 1. The summed E-state index contributed by atoms with van der Waals surface area (Å²) in [6.45, 7) is 0. The van der Waals surface area contributed by atoms with Gasteiger partial charge < -0.3 is 0 Å². The molecule has 8 nitrogen and oxygen atoms in total. The molecular formula is C12H8ClN5O3. The molecule has 0 spiro atoms. The molecule has 9 heteroatoms. The fourth-order valence-electron chi connectivity index (χ4n) is 1.39. The summed E-state index contributed by atoms with van der Waals surface area (Å²) in [5.41, 5.74) is 2.53. The highest BCUT2D eigenvalue weighted by Crippen LogP contribution is 2.24. The maximum absolute atomic E-state index is 11.6. The molecule has 0 unspecified atom stereocenters. The van der Waals surface area contributed by atoms with Gasteiger partial charge in [-0.2, -0.15) is 5.10 Å². The van der Waals surface area contributed by atoms with Crippen molar-refractivity contribution >= 4 is 29.4 Å². The Labute approximate surface area is 123 Å². The molecule has 0 saturated carbocycles. The highest BCUT2D eigenvalue weighted by molar-refractivity contribution is 6.32. The Morgan fingerprint density at radius 1 is 1.43 bits per heavy atom. The fraction of sp³-hybridized carbons (Fsp3) is 0. The maximum Gasteiger partial charge on any atom is 0.291 e. The Hall–Kier alpha value is -2.87. The van der Waals surface area contributed by atoms with Crippen molar-refractivity contribution in [3.8, 4) is 0 Å². The smallest absolute Gasteiger partial charge is 0.265 e. The lowest BCUT2D eigenvalue weighted by Gasteiger charge is -1.98. The van der Waals surface area contributed by atoms with Crippen molar-refractivity contribution in [2.75, 3.05) is 0 Å². The molecule has 0 radical (unpaired) electrons. The van der Waals surface area contributed by atoms with Gasteiger partial charge in [0.05, 0.1) is 17.3 Å². The van der Waals surface area contributed by atoms with E-state index in [4.69, 9.17) is 11.6 Å². The van der Waals surface area contributed by atoms with E-state index in [1.165, 1.54) is 43.0 Å². The summed E-state index contributed by atoms with van der Waals surface area (Å²) in [5.74, 6) is -0.539. The van der Waals surface area contributed by atoms with E-state index in [1.54, 1.807) is 0 Å². The number of benzene rings is 1. The monoisotopic (exact) mass is 305 g/mol. The van der Waals surface area contributed by atoms with Crippen molar-refractivity contribution < 1.29 is 9.72 Å². The van der Waals surface area contributed by atoms with E-state index in [0.717, 1.165) is 0 Å². The summed E-state index contributed by atoms with van der Waals surface area (Å²) in [5, 5.41) is 14.5. The summed E-state index contributed by atoms with van der Waals surface area (Å²) in [4.78, 5) is 29.3. The Morgan fingerprint density at radius 3 is 2.90 bits per heavy atom. The van der Waals surface area contributed by atoms with Gasteiger partial charge in [-0.1, -0.05) is 17.7 Å². The second-order valence-corrected chi connectivity index (χ2v) is 4.16. The number of amides is 1. The summed E-state index contributed by atoms with van der Waals surface area (Å²) in [6.07, 6.45) is 5.36. The number of nitrogens with zero attached hydrogens (tertiary/aromatic N) is 4. The third-order valence-electron chi connectivity index (χ3n) is 2.34. The van der Waals surface area contributed by atoms with E-state index < -0.39 is 10.8 Å². The lowest BCUT2D eigenvalue weighted by Crippen LogP contribution is -2.19. The van der Waals surface area contributed by atoms with Crippen molar-refractivity contribution in [1.29, 1.82) is 0 Å². The predicted molar refractivity (Wildman–Crippen MR) is 75.2 cm³/mol. The molecule has 0 atom stereocenters. The zero-order chi connectivity index (χ0) is 15.2. The van der Waals surface area contributed by atoms with Crippen LogP contribution in [0.15, 0.2) is 41.9 Å². The largest absolute Gasteiger partial charge is 0.291 e. The van der Waals surface area contributed by atoms with Gasteiger partial charge in [-0.15, -0.1) is 0 Å². The van der Waals surface area contributed by atoms with Crippen molar-refractivity contribution in [2.24, 2.45) is 5.10 Å². The van der Waals surface area contributed by atoms with Crippen LogP contribution in [0.3, 0.4) is 0 Å². The molecule has 0 aliphatic carbocycles. The maximum atomic E-state index is 11.6. The molecule has 0 bridgehead atoms. The quantitative estimate of drug-likeness (QED) is 0.526. The van der Waals surface area contributed by atoms with E-state index in [1.807, 2.05) is 0 Å². The van der Waals surface area contributed by atoms with Gasteiger partial charge in [0.1, 0.15) is 10.7 Å². The number of hydrogen-bond acceptors (Lipinski definition) is 6. The Balaban J connectivity index is 2.07. The van der Waals surface area contributed by atoms with Gasteiger partial charge in [-0.3, -0.25) is 19.9 Å². The average molecular weight is 306 g/mol. The number of rotatable bonds is 4. The van der Waals surface area contributed by atoms with Crippen LogP contribution in [0.2, 0.25) is 5.02 Å². The second-order valence-electron chi connectivity index (χ2n) is 3.76. The lowest BCUT2D eigenvalue weighted by molar-refractivity contribution is -0.384. The molecule has 0 fully saturated rings. The minimum absolute atomic E-state index is 0.0285. The molecular weight excluding hydrogens is 298 g/mol. The van der Waals surface area contributed by atoms with Crippen molar-refractivity contribution in [3.63, 3.8) is 0 Å². The van der Waals surface area contributed by atoms with Crippen LogP contribution in [-0.4, -0.2) is 27.0 Å². The molecule has 1 N–H and O–H groups in total. The summed E-state index contributed by atoms with van der Waals surface area (Å²) in [7, 11) is 0. The van der Waals surface area contributed by atoms with Crippen molar-refractivity contribution in [2.45, 2.75) is 0 Å². The molecule has 2 rings (SSSR count). The van der Waals surface area contributed by atoms with Gasteiger partial charge >= 0.3 is 0 Å². The first-order valence-electron chi connectivity index (χ1n) is 5.61. The Bertz CT molecular complexity index is 705. The van der Waals surface area contributed by atoms with E-state index in [9.17, 15) is 14.9 Å². The van der Waals surface area contributed by atoms with Gasteiger partial charge in [0.15, 0.2) is 0 Å². The van der Waals surface area contributed by atoms with Crippen molar-refractivity contribution in [1.82, 2.24) is 15.4 Å². The standard InChI is InChI=1S/C12H8ClN5O3/c13-9-2-1-8(5-11(9)18(20)21)6-16-17-12(19)10-7-14-3-4-15-10/h1-7H,(H,17,19)/b16-6+. The van der Waals surface area contributed by atoms with Crippen LogP contribution in [0.1, 0.15) is 16.1 Å². The summed E-state index contributed by atoms with van der Waals surface area (Å²) >= 11 is 5.68. The Morgan fingerprint density at radius 2 is 2.24 bits per heavy atom. The van der Waals surface area contributed by atoms with Crippen LogP contribution >= 0.6 is 11.6 Å². The number of nitro benzene ring substituents is 1. The number of hydrazone groups is 1. The third-order valence-corrected chi connectivity index (χ3v) is 2.66. The topological polar surface area (TPSA) is 110 Å². The first-order chi connectivity index (χ1) is 10.1. The molecule has 1 aromatic carbocycles. The number of carbonyl (C=O) groups is 1. The first-order valence-corrected chi connectivity index (χ1v) is 5.99. The summed E-state index contributed by atoms with van der Waals surface area (Å²) in [6, 6.07) is 4.17. The zero-order valence-corrected chi connectivity index (χ0v) is 11.2. The normalized spacial score (nSPS) is 10.5. The highest BCUT2D eigenvalue weighted by Gasteiger charge is 2.12. The molecule has 21 heavy (non-hydrogen) atoms. The minimum Gasteiger partial charge on any atom is -0.265 e. The Kier molecular flexibility index (Phi) is 4.52. The lowest BCUT2D eigenvalue weighted by atomic mass is 10.2. The zero-order valence-electron chi connectivity index (χ0n) is 10.4. The van der Waals surface area contributed by atoms with Gasteiger partial charge in [-0.05, 0) is 6.07 Å². The van der Waals surface area contributed by atoms with Gasteiger partial charge in [0.25, 0.3) is 11.6 Å². The fourth-order valence-corrected chi connectivity index (χ4v) is 1.58. The van der Waals surface area contributed by atoms with Gasteiger partial charge in [0.2, 0.25) is 0 Å². The SMILES string of the molecule is O=C(N/N=C/c1ccc(Cl)c([N+](=O)[O-])c1)c1cnccn1. The number of hydrogen-bond donors (Lipinski definition) is 1. The predicted octanol–water partition coefficient (Wildman–Crippen LogP) is 1.80. The van der Waals surface area contributed by atoms with E-state index in [0.29, 0.717) is 5.56 Å². The number of halogens is 1. The third kappa shape index (κ3) is 3.80. The number of carbonyl (C=O) groups excluding carboxylic acids is 1. The second kappa shape index (κ2) is 6.53. The van der Waals surface area contributed by atoms with E-state index in [2.05, 4.69) is 20.5 Å². The van der Waals surface area contributed by atoms with Crippen LogP contribution in [0.4, 0.5) is 5.69 Å². The van der Waals surface area contributed by atoms with Crippen LogP contribution < -0.4 is 5.43 Å². The average Bonchev–Trinajstić information content (AvgIpc) is 2.49. The molecule has 0 aliphatic heterocycles. The van der Waals surface area contributed by atoms with E-state index >= 15 is 0 Å².